The number of alkyl carbamates (subject to hydrolysis) is 1. The van der Waals surface area contributed by atoms with Gasteiger partial charge in [-0.3, -0.25) is 0 Å². The van der Waals surface area contributed by atoms with Crippen molar-refractivity contribution in [2.24, 2.45) is 5.41 Å². The van der Waals surface area contributed by atoms with Gasteiger partial charge in [0.15, 0.2) is 16.6 Å². The predicted molar refractivity (Wildman–Crippen MR) is 124 cm³/mol. The molecule has 1 amide bonds. The van der Waals surface area contributed by atoms with Crippen molar-refractivity contribution in [1.29, 1.82) is 0 Å². The van der Waals surface area contributed by atoms with Crippen LogP contribution in [-0.4, -0.2) is 57.7 Å². The zero-order valence-electron chi connectivity index (χ0n) is 20.0. The number of hydrogen-bond acceptors (Lipinski definition) is 5. The van der Waals surface area contributed by atoms with E-state index in [9.17, 15) is 4.79 Å². The van der Waals surface area contributed by atoms with Crippen molar-refractivity contribution in [3.63, 3.8) is 0 Å². The smallest absolute Gasteiger partial charge is 0.407 e. The molecule has 0 aromatic carbocycles. The van der Waals surface area contributed by atoms with Crippen LogP contribution in [0.5, 0.6) is 0 Å². The molecule has 0 bridgehead atoms. The predicted octanol–water partition coefficient (Wildman–Crippen LogP) is 5.33. The van der Waals surface area contributed by atoms with Gasteiger partial charge in [0.2, 0.25) is 0 Å². The summed E-state index contributed by atoms with van der Waals surface area (Å²) in [6, 6.07) is 0.944. The molecule has 9 heteroatoms. The van der Waals surface area contributed by atoms with Gasteiger partial charge < -0.3 is 23.0 Å². The second-order valence-corrected chi connectivity index (χ2v) is 22.8. The van der Waals surface area contributed by atoms with Gasteiger partial charge in [-0.15, -0.1) is 0 Å². The van der Waals surface area contributed by atoms with E-state index in [1.807, 2.05) is 6.92 Å². The van der Waals surface area contributed by atoms with Gasteiger partial charge in [0.05, 0.1) is 6.61 Å². The van der Waals surface area contributed by atoms with Crippen LogP contribution in [0.1, 0.15) is 33.6 Å². The van der Waals surface area contributed by atoms with Crippen LogP contribution < -0.4 is 5.32 Å². The van der Waals surface area contributed by atoms with Gasteiger partial charge in [0, 0.05) is 18.6 Å². The van der Waals surface area contributed by atoms with Gasteiger partial charge in [-0.1, -0.05) is 13.8 Å². The second kappa shape index (κ2) is 11.9. The Bertz CT molecular complexity index is 449. The van der Waals surface area contributed by atoms with E-state index in [4.69, 9.17) is 17.7 Å². The molecule has 1 unspecified atom stereocenters. The van der Waals surface area contributed by atoms with Crippen molar-refractivity contribution < 1.29 is 22.5 Å². The van der Waals surface area contributed by atoms with E-state index < -0.39 is 25.2 Å². The van der Waals surface area contributed by atoms with Crippen LogP contribution in [0.25, 0.3) is 0 Å². The summed E-state index contributed by atoms with van der Waals surface area (Å²) >= 11 is 0. The molecule has 28 heavy (non-hydrogen) atoms. The Morgan fingerprint density at radius 2 is 1.46 bits per heavy atom. The maximum absolute atomic E-state index is 11.5. The van der Waals surface area contributed by atoms with Gasteiger partial charge in [-0.2, -0.15) is 0 Å². The second-order valence-electron chi connectivity index (χ2n) is 9.99. The molecule has 0 saturated carbocycles. The molecule has 1 N–H and O–H groups in total. The van der Waals surface area contributed by atoms with Crippen LogP contribution in [0.3, 0.4) is 0 Å². The van der Waals surface area contributed by atoms with Gasteiger partial charge in [0.1, 0.15) is 6.61 Å². The fourth-order valence-electron chi connectivity index (χ4n) is 2.91. The minimum absolute atomic E-state index is 0.171. The summed E-state index contributed by atoms with van der Waals surface area (Å²) in [4.78, 5) is 11.5. The summed E-state index contributed by atoms with van der Waals surface area (Å²) in [5.41, 5.74) is -0.171. The number of rotatable bonds is 14. The van der Waals surface area contributed by atoms with Gasteiger partial charge in [-0.05, 0) is 71.6 Å². The maximum atomic E-state index is 11.5. The maximum Gasteiger partial charge on any atom is 0.407 e. The third-order valence-corrected chi connectivity index (χ3v) is 13.8. The first-order valence-electron chi connectivity index (χ1n) is 10.5. The number of nitrogens with one attached hydrogen (secondary N) is 1. The molecule has 168 valence electrons. The van der Waals surface area contributed by atoms with Crippen LogP contribution in [0.4, 0.5) is 4.79 Å². The number of carbonyl (C=O) groups is 1. The van der Waals surface area contributed by atoms with E-state index in [2.05, 4.69) is 65.0 Å². The number of carbonyl (C=O) groups excluding carboxylic acids is 1. The van der Waals surface area contributed by atoms with Crippen LogP contribution in [0.2, 0.25) is 51.9 Å². The fourth-order valence-corrected chi connectivity index (χ4v) is 15.4. The first-order chi connectivity index (χ1) is 12.6. The van der Waals surface area contributed by atoms with E-state index >= 15 is 0 Å². The van der Waals surface area contributed by atoms with Crippen molar-refractivity contribution in [2.75, 3.05) is 26.4 Å². The summed E-state index contributed by atoms with van der Waals surface area (Å²) in [6.07, 6.45) is 1.45. The minimum Gasteiger partial charge on any atom is -0.449 e. The largest absolute Gasteiger partial charge is 0.449 e. The Kier molecular flexibility index (Phi) is 11.8. The highest BCUT2D eigenvalue weighted by Crippen LogP contribution is 2.26. The van der Waals surface area contributed by atoms with Crippen LogP contribution in [0, 0.1) is 5.41 Å². The van der Waals surface area contributed by atoms with E-state index in [1.54, 1.807) is 0 Å². The molecule has 0 saturated heterocycles. The molecule has 0 radical (unpaired) electrons. The summed E-state index contributed by atoms with van der Waals surface area (Å²) in [5, 5.41) is 2.65. The van der Waals surface area contributed by atoms with Crippen molar-refractivity contribution >= 4 is 31.3 Å². The van der Waals surface area contributed by atoms with Crippen molar-refractivity contribution in [3.05, 3.63) is 0 Å². The molecular formula is C19H45NO5Si3. The lowest BCUT2D eigenvalue weighted by molar-refractivity contribution is 0.00717. The van der Waals surface area contributed by atoms with Gasteiger partial charge in [0.25, 0.3) is 0 Å². The first-order valence-corrected chi connectivity index (χ1v) is 19.9. The Hall–Kier alpha value is -0.199. The topological polar surface area (TPSA) is 66.0 Å². The zero-order valence-corrected chi connectivity index (χ0v) is 23.0. The van der Waals surface area contributed by atoms with E-state index in [0.29, 0.717) is 26.4 Å². The number of hydrogen-bond donors (Lipinski definition) is 1. The molecular weight excluding hydrogens is 406 g/mol. The first kappa shape index (κ1) is 27.8. The van der Waals surface area contributed by atoms with Crippen LogP contribution in [0.15, 0.2) is 0 Å². The standard InChI is InChI=1S/C19H45NO5Si3/c1-11-19(3,17-23-18(21)20-12-2)16-22-14-13-15-28(10,24-26(4,5)6)25-27(7,8)9/h11-17H2,1-10H3,(H,20,21). The Balaban J connectivity index is 4.51. The third kappa shape index (κ3) is 13.9. The molecule has 0 rings (SSSR count). The Labute approximate surface area is 176 Å². The lowest BCUT2D eigenvalue weighted by Gasteiger charge is -2.38. The molecule has 0 aliphatic heterocycles. The van der Waals surface area contributed by atoms with E-state index in [0.717, 1.165) is 18.9 Å². The minimum atomic E-state index is -2.20. The third-order valence-electron chi connectivity index (χ3n) is 4.14. The SMILES string of the molecule is CCNC(=O)OCC(C)(CC)COCCC[Si](C)(O[Si](C)(C)C)O[Si](C)(C)C. The van der Waals surface area contributed by atoms with E-state index in [1.165, 1.54) is 0 Å². The highest BCUT2D eigenvalue weighted by atomic mass is 28.5. The van der Waals surface area contributed by atoms with Gasteiger partial charge in [-0.25, -0.2) is 4.79 Å². The molecule has 0 aromatic heterocycles. The Morgan fingerprint density at radius 3 is 1.89 bits per heavy atom. The normalized spacial score (nSPS) is 15.2. The summed E-state index contributed by atoms with van der Waals surface area (Å²) < 4.78 is 24.3. The van der Waals surface area contributed by atoms with Crippen molar-refractivity contribution in [2.45, 2.75) is 85.5 Å². The number of amides is 1. The quantitative estimate of drug-likeness (QED) is 0.285. The average Bonchev–Trinajstić information content (AvgIpc) is 2.49. The monoisotopic (exact) mass is 451 g/mol. The van der Waals surface area contributed by atoms with Crippen LogP contribution >= 0.6 is 0 Å². The highest BCUT2D eigenvalue weighted by Gasteiger charge is 2.39. The van der Waals surface area contributed by atoms with Gasteiger partial charge >= 0.3 is 14.7 Å². The van der Waals surface area contributed by atoms with E-state index in [-0.39, 0.29) is 11.5 Å². The molecule has 6 nitrogen and oxygen atoms in total. The number of ether oxygens (including phenoxy) is 2. The average molecular weight is 452 g/mol. The Morgan fingerprint density at radius 1 is 0.929 bits per heavy atom. The lowest BCUT2D eigenvalue weighted by Crippen LogP contribution is -2.52. The van der Waals surface area contributed by atoms with Crippen molar-refractivity contribution in [1.82, 2.24) is 5.32 Å². The van der Waals surface area contributed by atoms with Crippen molar-refractivity contribution in [3.8, 4) is 0 Å². The lowest BCUT2D eigenvalue weighted by atomic mass is 9.90. The molecule has 1 atom stereocenters. The molecule has 0 aliphatic rings. The molecule has 0 aliphatic carbocycles. The summed E-state index contributed by atoms with van der Waals surface area (Å²) in [7, 11) is -5.52. The molecule has 0 heterocycles. The fraction of sp³-hybridized carbons (Fsp3) is 0.947. The molecule has 0 spiro atoms. The molecule has 0 fully saturated rings. The summed E-state index contributed by atoms with van der Waals surface area (Å²) in [6.45, 7) is 23.8. The summed E-state index contributed by atoms with van der Waals surface area (Å²) in [5.74, 6) is 0. The molecule has 0 aromatic rings. The highest BCUT2D eigenvalue weighted by molar-refractivity contribution is 6.87. The zero-order chi connectivity index (χ0) is 22.1. The van der Waals surface area contributed by atoms with Crippen LogP contribution in [-0.2, 0) is 17.7 Å².